The van der Waals surface area contributed by atoms with Gasteiger partial charge in [-0.1, -0.05) is 18.2 Å². The van der Waals surface area contributed by atoms with Gasteiger partial charge in [-0.05, 0) is 48.0 Å². The number of aromatic nitrogens is 1. The molecule has 1 aromatic heterocycles. The largest absolute Gasteiger partial charge is 0.495 e. The van der Waals surface area contributed by atoms with E-state index >= 15 is 0 Å². The molecule has 0 unspecified atom stereocenters. The normalized spacial score (nSPS) is 10.8. The molecule has 26 heavy (non-hydrogen) atoms. The summed E-state index contributed by atoms with van der Waals surface area (Å²) in [5.74, 6) is 0.113. The van der Waals surface area contributed by atoms with Crippen molar-refractivity contribution in [2.24, 2.45) is 0 Å². The van der Waals surface area contributed by atoms with E-state index in [9.17, 15) is 9.59 Å². The lowest BCUT2D eigenvalue weighted by Gasteiger charge is -2.09. The summed E-state index contributed by atoms with van der Waals surface area (Å²) in [5, 5.41) is 3.68. The molecule has 0 saturated carbocycles. The van der Waals surface area contributed by atoms with E-state index in [1.54, 1.807) is 30.5 Å². The van der Waals surface area contributed by atoms with Gasteiger partial charge >= 0.3 is 0 Å². The van der Waals surface area contributed by atoms with Gasteiger partial charge in [0.05, 0.1) is 18.3 Å². The lowest BCUT2D eigenvalue weighted by Crippen LogP contribution is -2.08. The number of carbonyl (C=O) groups excluding carboxylic acids is 2. The molecule has 0 aliphatic heterocycles. The molecule has 5 nitrogen and oxygen atoms in total. The van der Waals surface area contributed by atoms with Gasteiger partial charge in [0.25, 0.3) is 0 Å². The smallest absolute Gasteiger partial charge is 0.221 e. The minimum absolute atomic E-state index is 0.162. The van der Waals surface area contributed by atoms with Crippen LogP contribution in [-0.2, 0) is 4.79 Å². The number of fused-ring (bicyclic) bond motifs is 1. The van der Waals surface area contributed by atoms with Crippen molar-refractivity contribution in [3.8, 4) is 5.75 Å². The fourth-order valence-corrected chi connectivity index (χ4v) is 2.61. The quantitative estimate of drug-likeness (QED) is 0.558. The Hall–Kier alpha value is -3.47. The average Bonchev–Trinajstić information content (AvgIpc) is 2.65. The summed E-state index contributed by atoms with van der Waals surface area (Å²) < 4.78 is 5.20. The second-order valence-corrected chi connectivity index (χ2v) is 5.75. The Labute approximate surface area is 151 Å². The number of allylic oxidation sites excluding steroid dienone is 1. The highest BCUT2D eigenvalue weighted by molar-refractivity contribution is 6.08. The maximum absolute atomic E-state index is 12.5. The maximum atomic E-state index is 12.5. The van der Waals surface area contributed by atoms with Gasteiger partial charge in [-0.25, -0.2) is 0 Å². The number of hydrogen-bond donors (Lipinski definition) is 1. The van der Waals surface area contributed by atoms with Crippen molar-refractivity contribution in [1.29, 1.82) is 0 Å². The number of carbonyl (C=O) groups is 2. The summed E-state index contributed by atoms with van der Waals surface area (Å²) in [6.07, 6.45) is 5.02. The SMILES string of the molecule is COc1ccc(C(=O)/C=C\c2ccc3ncccc3c2)cc1NC(C)=O. The van der Waals surface area contributed by atoms with Crippen LogP contribution >= 0.6 is 0 Å². The van der Waals surface area contributed by atoms with E-state index in [0.29, 0.717) is 17.0 Å². The molecule has 5 heteroatoms. The zero-order chi connectivity index (χ0) is 18.5. The first-order valence-corrected chi connectivity index (χ1v) is 8.09. The summed E-state index contributed by atoms with van der Waals surface area (Å²) in [7, 11) is 1.51. The van der Waals surface area contributed by atoms with E-state index in [2.05, 4.69) is 10.3 Å². The highest BCUT2D eigenvalue weighted by atomic mass is 16.5. The number of anilines is 1. The van der Waals surface area contributed by atoms with Crippen LogP contribution in [0.1, 0.15) is 22.8 Å². The number of nitrogens with one attached hydrogen (secondary N) is 1. The first kappa shape index (κ1) is 17.4. The predicted molar refractivity (Wildman–Crippen MR) is 102 cm³/mol. The van der Waals surface area contributed by atoms with Gasteiger partial charge in [0.1, 0.15) is 5.75 Å². The minimum atomic E-state index is -0.229. The average molecular weight is 346 g/mol. The van der Waals surface area contributed by atoms with Crippen molar-refractivity contribution < 1.29 is 14.3 Å². The van der Waals surface area contributed by atoms with Gasteiger partial charge in [-0.15, -0.1) is 0 Å². The Morgan fingerprint density at radius 2 is 1.96 bits per heavy atom. The van der Waals surface area contributed by atoms with Crippen molar-refractivity contribution in [2.75, 3.05) is 12.4 Å². The summed E-state index contributed by atoms with van der Waals surface area (Å²) in [4.78, 5) is 28.1. The first-order valence-electron chi connectivity index (χ1n) is 8.09. The molecule has 0 atom stereocenters. The molecule has 0 bridgehead atoms. The molecule has 0 aliphatic rings. The molecule has 0 spiro atoms. The van der Waals surface area contributed by atoms with Gasteiger partial charge in [-0.3, -0.25) is 14.6 Å². The Balaban J connectivity index is 1.84. The Kier molecular flexibility index (Phi) is 5.08. The molecule has 1 amide bonds. The molecule has 0 saturated heterocycles. The molecule has 1 heterocycles. The number of rotatable bonds is 5. The minimum Gasteiger partial charge on any atom is -0.495 e. The van der Waals surface area contributed by atoms with Crippen molar-refractivity contribution in [3.05, 3.63) is 71.9 Å². The van der Waals surface area contributed by atoms with Crippen molar-refractivity contribution in [1.82, 2.24) is 4.98 Å². The van der Waals surface area contributed by atoms with Crippen molar-refractivity contribution in [2.45, 2.75) is 6.92 Å². The molecule has 0 radical (unpaired) electrons. The second kappa shape index (κ2) is 7.61. The van der Waals surface area contributed by atoms with E-state index in [4.69, 9.17) is 4.74 Å². The maximum Gasteiger partial charge on any atom is 0.221 e. The summed E-state index contributed by atoms with van der Waals surface area (Å²) >= 11 is 0. The number of ketones is 1. The molecule has 3 rings (SSSR count). The molecule has 0 fully saturated rings. The first-order chi connectivity index (χ1) is 12.6. The van der Waals surface area contributed by atoms with E-state index in [0.717, 1.165) is 16.5 Å². The standard InChI is InChI=1S/C21H18N2O3/c1-14(24)23-19-13-17(7-10-21(19)26-2)20(25)9-6-15-5-8-18-16(12-15)4-3-11-22-18/h3-13H,1-2H3,(H,23,24)/b9-6-. The van der Waals surface area contributed by atoms with Gasteiger partial charge < -0.3 is 10.1 Å². The van der Waals surface area contributed by atoms with E-state index in [1.165, 1.54) is 20.1 Å². The van der Waals surface area contributed by atoms with Gasteiger partial charge in [-0.2, -0.15) is 0 Å². The molecule has 1 N–H and O–H groups in total. The summed E-state index contributed by atoms with van der Waals surface area (Å²) in [6, 6.07) is 14.6. The van der Waals surface area contributed by atoms with Crippen LogP contribution in [0.5, 0.6) is 5.75 Å². The van der Waals surface area contributed by atoms with Crippen LogP contribution in [0.2, 0.25) is 0 Å². The predicted octanol–water partition coefficient (Wildman–Crippen LogP) is 4.10. The number of nitrogens with zero attached hydrogens (tertiary/aromatic N) is 1. The van der Waals surface area contributed by atoms with E-state index in [1.807, 2.05) is 30.3 Å². The summed E-state index contributed by atoms with van der Waals surface area (Å²) in [5.41, 5.74) is 2.75. The number of hydrogen-bond acceptors (Lipinski definition) is 4. The number of amides is 1. The van der Waals surface area contributed by atoms with Crippen LogP contribution in [-0.4, -0.2) is 23.8 Å². The monoisotopic (exact) mass is 346 g/mol. The number of methoxy groups -OCH3 is 1. The number of benzene rings is 2. The lowest BCUT2D eigenvalue weighted by atomic mass is 10.1. The molecule has 0 aliphatic carbocycles. The lowest BCUT2D eigenvalue weighted by molar-refractivity contribution is -0.114. The van der Waals surface area contributed by atoms with Crippen LogP contribution in [0.4, 0.5) is 5.69 Å². The van der Waals surface area contributed by atoms with E-state index < -0.39 is 0 Å². The van der Waals surface area contributed by atoms with Crippen LogP contribution < -0.4 is 10.1 Å². The number of ether oxygens (including phenoxy) is 1. The Morgan fingerprint density at radius 1 is 1.12 bits per heavy atom. The second-order valence-electron chi connectivity index (χ2n) is 5.75. The molecule has 3 aromatic rings. The molecular weight excluding hydrogens is 328 g/mol. The third-order valence-electron chi connectivity index (χ3n) is 3.85. The van der Waals surface area contributed by atoms with Gasteiger partial charge in [0.2, 0.25) is 5.91 Å². The van der Waals surface area contributed by atoms with E-state index in [-0.39, 0.29) is 11.7 Å². The van der Waals surface area contributed by atoms with Crippen LogP contribution in [0, 0.1) is 0 Å². The zero-order valence-corrected chi connectivity index (χ0v) is 14.5. The molecule has 130 valence electrons. The molecular formula is C21H18N2O3. The fourth-order valence-electron chi connectivity index (χ4n) is 2.61. The molecule has 2 aromatic carbocycles. The Bertz CT molecular complexity index is 1010. The van der Waals surface area contributed by atoms with Crippen LogP contribution in [0.3, 0.4) is 0 Å². The van der Waals surface area contributed by atoms with Gasteiger partial charge in [0, 0.05) is 24.1 Å². The topological polar surface area (TPSA) is 68.3 Å². The third kappa shape index (κ3) is 3.95. The van der Waals surface area contributed by atoms with Crippen molar-refractivity contribution >= 4 is 34.4 Å². The third-order valence-corrected chi connectivity index (χ3v) is 3.85. The fraction of sp³-hybridized carbons (Fsp3) is 0.0952. The van der Waals surface area contributed by atoms with Gasteiger partial charge in [0.15, 0.2) is 5.78 Å². The van der Waals surface area contributed by atoms with Crippen LogP contribution in [0.15, 0.2) is 60.8 Å². The van der Waals surface area contributed by atoms with Crippen molar-refractivity contribution in [3.63, 3.8) is 0 Å². The highest BCUT2D eigenvalue weighted by Crippen LogP contribution is 2.26. The zero-order valence-electron chi connectivity index (χ0n) is 14.5. The summed E-state index contributed by atoms with van der Waals surface area (Å²) in [6.45, 7) is 1.41. The van der Waals surface area contributed by atoms with Crippen LogP contribution in [0.25, 0.3) is 17.0 Å². The Morgan fingerprint density at radius 3 is 2.73 bits per heavy atom. The highest BCUT2D eigenvalue weighted by Gasteiger charge is 2.09. The number of pyridine rings is 1.